The van der Waals surface area contributed by atoms with Crippen LogP contribution >= 0.6 is 0 Å². The fraction of sp³-hybridized carbons (Fsp3) is 1.00. The molecule has 0 aromatic carbocycles. The predicted molar refractivity (Wildman–Crippen MR) is 62.8 cm³/mol. The minimum absolute atomic E-state index is 0.00894. The van der Waals surface area contributed by atoms with Gasteiger partial charge in [0.25, 0.3) is 0 Å². The van der Waals surface area contributed by atoms with E-state index < -0.39 is 0 Å². The summed E-state index contributed by atoms with van der Waals surface area (Å²) >= 11 is 0. The van der Waals surface area contributed by atoms with Gasteiger partial charge in [0.1, 0.15) is 0 Å². The normalized spacial score (nSPS) is 28.4. The summed E-state index contributed by atoms with van der Waals surface area (Å²) in [5.74, 6) is 0.728. The summed E-state index contributed by atoms with van der Waals surface area (Å²) in [6.45, 7) is 2.50. The zero-order valence-corrected chi connectivity index (χ0v) is 9.97. The molecule has 2 fully saturated rings. The standard InChI is InChI=1S/C13H25NO/c1-13(10-15,11-8-9-11)14-12-6-4-2-3-5-7-12/h11-12,14-15H,2-10H2,1H3. The molecular weight excluding hydrogens is 186 g/mol. The Morgan fingerprint density at radius 2 is 1.67 bits per heavy atom. The first-order chi connectivity index (χ1) is 7.24. The number of hydrogen-bond acceptors (Lipinski definition) is 2. The Morgan fingerprint density at radius 3 is 2.13 bits per heavy atom. The number of nitrogens with one attached hydrogen (secondary N) is 1. The largest absolute Gasteiger partial charge is 0.394 e. The maximum Gasteiger partial charge on any atom is 0.0613 e. The van der Waals surface area contributed by atoms with Crippen molar-refractivity contribution in [2.75, 3.05) is 6.61 Å². The molecule has 2 aliphatic rings. The second kappa shape index (κ2) is 4.84. The van der Waals surface area contributed by atoms with Crippen LogP contribution < -0.4 is 5.32 Å². The predicted octanol–water partition coefficient (Wildman–Crippen LogP) is 2.46. The zero-order valence-electron chi connectivity index (χ0n) is 9.97. The first kappa shape index (κ1) is 11.4. The summed E-state index contributed by atoms with van der Waals surface area (Å²) in [6, 6.07) is 0.658. The molecule has 0 heterocycles. The van der Waals surface area contributed by atoms with E-state index in [1.165, 1.54) is 51.4 Å². The quantitative estimate of drug-likeness (QED) is 0.700. The van der Waals surface area contributed by atoms with Crippen LogP contribution in [0.25, 0.3) is 0 Å². The smallest absolute Gasteiger partial charge is 0.0613 e. The minimum Gasteiger partial charge on any atom is -0.394 e. The molecule has 15 heavy (non-hydrogen) atoms. The molecule has 2 nitrogen and oxygen atoms in total. The maximum absolute atomic E-state index is 9.53. The molecule has 1 atom stereocenters. The molecular formula is C13H25NO. The van der Waals surface area contributed by atoms with Crippen LogP contribution in [0.15, 0.2) is 0 Å². The van der Waals surface area contributed by atoms with Crippen molar-refractivity contribution in [2.24, 2.45) is 5.92 Å². The van der Waals surface area contributed by atoms with Gasteiger partial charge in [-0.1, -0.05) is 25.7 Å². The monoisotopic (exact) mass is 211 g/mol. The van der Waals surface area contributed by atoms with Gasteiger partial charge in [0.15, 0.2) is 0 Å². The van der Waals surface area contributed by atoms with Gasteiger partial charge in [-0.05, 0) is 38.5 Å². The molecule has 88 valence electrons. The Labute approximate surface area is 93.5 Å². The molecule has 0 aromatic rings. The first-order valence-electron chi connectivity index (χ1n) is 6.63. The van der Waals surface area contributed by atoms with Gasteiger partial charge in [-0.2, -0.15) is 0 Å². The average Bonchev–Trinajstić information content (AvgIpc) is 3.05. The summed E-state index contributed by atoms with van der Waals surface area (Å²) in [4.78, 5) is 0. The molecule has 0 spiro atoms. The number of aliphatic hydroxyl groups excluding tert-OH is 1. The van der Waals surface area contributed by atoms with Crippen LogP contribution in [0.5, 0.6) is 0 Å². The average molecular weight is 211 g/mol. The van der Waals surface area contributed by atoms with Crippen molar-refractivity contribution in [1.82, 2.24) is 5.32 Å². The van der Waals surface area contributed by atoms with Crippen molar-refractivity contribution >= 4 is 0 Å². The van der Waals surface area contributed by atoms with E-state index >= 15 is 0 Å². The Hall–Kier alpha value is -0.0800. The number of rotatable bonds is 4. The van der Waals surface area contributed by atoms with E-state index in [2.05, 4.69) is 12.2 Å². The molecule has 0 amide bonds. The zero-order chi connectivity index (χ0) is 10.7. The summed E-state index contributed by atoms with van der Waals surface area (Å²) in [5, 5.41) is 13.3. The van der Waals surface area contributed by atoms with Gasteiger partial charge < -0.3 is 10.4 Å². The van der Waals surface area contributed by atoms with Gasteiger partial charge in [-0.15, -0.1) is 0 Å². The molecule has 0 radical (unpaired) electrons. The molecule has 2 heteroatoms. The van der Waals surface area contributed by atoms with Gasteiger partial charge in [0.05, 0.1) is 6.61 Å². The molecule has 2 N–H and O–H groups in total. The van der Waals surface area contributed by atoms with Crippen LogP contribution in [0.1, 0.15) is 58.3 Å². The molecule has 0 aromatic heterocycles. The Balaban J connectivity index is 1.87. The van der Waals surface area contributed by atoms with Crippen molar-refractivity contribution < 1.29 is 5.11 Å². The topological polar surface area (TPSA) is 32.3 Å². The van der Waals surface area contributed by atoms with Gasteiger partial charge in [0.2, 0.25) is 0 Å². The summed E-state index contributed by atoms with van der Waals surface area (Å²) < 4.78 is 0. The highest BCUT2D eigenvalue weighted by molar-refractivity contribution is 4.99. The number of hydrogen-bond donors (Lipinski definition) is 2. The lowest BCUT2D eigenvalue weighted by Crippen LogP contribution is -2.52. The third kappa shape index (κ3) is 2.94. The second-order valence-electron chi connectivity index (χ2n) is 5.68. The Kier molecular flexibility index (Phi) is 3.68. The van der Waals surface area contributed by atoms with Crippen molar-refractivity contribution in [3.05, 3.63) is 0 Å². The molecule has 1 unspecified atom stereocenters. The molecule has 0 bridgehead atoms. The van der Waals surface area contributed by atoms with Crippen molar-refractivity contribution in [3.8, 4) is 0 Å². The van der Waals surface area contributed by atoms with E-state index in [1.54, 1.807) is 0 Å². The molecule has 0 aliphatic heterocycles. The minimum atomic E-state index is 0.00894. The highest BCUT2D eigenvalue weighted by Crippen LogP contribution is 2.40. The Bertz CT molecular complexity index is 195. The SMILES string of the molecule is CC(CO)(NC1CCCCCC1)C1CC1. The van der Waals surface area contributed by atoms with E-state index in [-0.39, 0.29) is 5.54 Å². The van der Waals surface area contributed by atoms with Gasteiger partial charge in [-0.25, -0.2) is 0 Å². The summed E-state index contributed by atoms with van der Waals surface area (Å²) in [6.07, 6.45) is 10.8. The second-order valence-corrected chi connectivity index (χ2v) is 5.68. The molecule has 2 saturated carbocycles. The van der Waals surface area contributed by atoms with E-state index in [0.29, 0.717) is 12.6 Å². The van der Waals surface area contributed by atoms with E-state index in [9.17, 15) is 5.11 Å². The highest BCUT2D eigenvalue weighted by atomic mass is 16.3. The number of aliphatic hydroxyl groups is 1. The fourth-order valence-corrected chi connectivity index (χ4v) is 2.90. The third-order valence-corrected chi connectivity index (χ3v) is 4.20. The van der Waals surface area contributed by atoms with Crippen LogP contribution in [-0.2, 0) is 0 Å². The lowest BCUT2D eigenvalue weighted by atomic mass is 9.94. The van der Waals surface area contributed by atoms with E-state index in [1.807, 2.05) is 0 Å². The molecule has 2 rings (SSSR count). The third-order valence-electron chi connectivity index (χ3n) is 4.20. The lowest BCUT2D eigenvalue weighted by molar-refractivity contribution is 0.138. The van der Waals surface area contributed by atoms with Crippen molar-refractivity contribution in [1.29, 1.82) is 0 Å². The van der Waals surface area contributed by atoms with Gasteiger partial charge >= 0.3 is 0 Å². The fourth-order valence-electron chi connectivity index (χ4n) is 2.90. The van der Waals surface area contributed by atoms with E-state index in [4.69, 9.17) is 0 Å². The van der Waals surface area contributed by atoms with E-state index in [0.717, 1.165) is 5.92 Å². The van der Waals surface area contributed by atoms with Crippen LogP contribution in [0, 0.1) is 5.92 Å². The van der Waals surface area contributed by atoms with Gasteiger partial charge in [-0.3, -0.25) is 0 Å². The molecule has 2 aliphatic carbocycles. The van der Waals surface area contributed by atoms with Crippen LogP contribution in [0.4, 0.5) is 0 Å². The summed E-state index contributed by atoms with van der Waals surface area (Å²) in [5.41, 5.74) is 0.00894. The maximum atomic E-state index is 9.53. The van der Waals surface area contributed by atoms with Crippen LogP contribution in [0.3, 0.4) is 0 Å². The molecule has 0 saturated heterocycles. The van der Waals surface area contributed by atoms with Crippen molar-refractivity contribution in [2.45, 2.75) is 69.9 Å². The lowest BCUT2D eigenvalue weighted by Gasteiger charge is -2.33. The highest BCUT2D eigenvalue weighted by Gasteiger charge is 2.41. The van der Waals surface area contributed by atoms with Crippen molar-refractivity contribution in [3.63, 3.8) is 0 Å². The summed E-state index contributed by atoms with van der Waals surface area (Å²) in [7, 11) is 0. The van der Waals surface area contributed by atoms with Crippen LogP contribution in [0.2, 0.25) is 0 Å². The van der Waals surface area contributed by atoms with Crippen LogP contribution in [-0.4, -0.2) is 23.3 Å². The first-order valence-corrected chi connectivity index (χ1v) is 6.63. The van der Waals surface area contributed by atoms with Gasteiger partial charge in [0, 0.05) is 11.6 Å². The Morgan fingerprint density at radius 1 is 1.07 bits per heavy atom.